The molecule has 4 heteroatoms. The van der Waals surface area contributed by atoms with E-state index < -0.39 is 5.41 Å². The lowest BCUT2D eigenvalue weighted by Gasteiger charge is -2.39. The van der Waals surface area contributed by atoms with Crippen LogP contribution in [0.1, 0.15) is 45.6 Å². The fourth-order valence-electron chi connectivity index (χ4n) is 9.10. The van der Waals surface area contributed by atoms with Crippen molar-refractivity contribution < 1.29 is 0 Å². The van der Waals surface area contributed by atoms with Crippen LogP contribution in [0.15, 0.2) is 186 Å². The third kappa shape index (κ3) is 4.06. The quantitative estimate of drug-likeness (QED) is 0.196. The molecule has 2 unspecified atom stereocenters. The zero-order valence-corrected chi connectivity index (χ0v) is 28.6. The topological polar surface area (TPSA) is 29.0 Å². The van der Waals surface area contributed by atoms with Crippen molar-refractivity contribution >= 4 is 39.4 Å². The Bertz CT molecular complexity index is 2650. The molecule has 0 saturated heterocycles. The summed E-state index contributed by atoms with van der Waals surface area (Å²) in [5.41, 5.74) is 12.5. The summed E-state index contributed by atoms with van der Waals surface area (Å²) in [5.74, 6) is 1.08. The maximum Gasteiger partial charge on any atom is 0.110 e. The zero-order chi connectivity index (χ0) is 33.5. The second-order valence-electron chi connectivity index (χ2n) is 13.7. The Kier molecular flexibility index (Phi) is 6.30. The standard InChI is InChI=1S/C47H33N3S/c1-3-15-30(16-4-1)38-29-43(49-46(48-38)31-17-5-2-6-18-31)50-39-24-12-8-20-33(39)45-40(50)28-27-37-44(45)32-19-7-9-21-34(32)47(37)35-22-10-13-25-41(35)51-42-26-14-11-23-36(42)47/h1-29,38,46,48-49H. The van der Waals surface area contributed by atoms with Crippen LogP contribution < -0.4 is 10.6 Å². The largest absolute Gasteiger partial charge is 0.352 e. The van der Waals surface area contributed by atoms with E-state index in [0.717, 1.165) is 5.82 Å². The smallest absolute Gasteiger partial charge is 0.110 e. The number of benzene rings is 7. The molecule has 1 aliphatic carbocycles. The van der Waals surface area contributed by atoms with Gasteiger partial charge in [0.2, 0.25) is 0 Å². The Morgan fingerprint density at radius 1 is 0.510 bits per heavy atom. The molecule has 3 aliphatic rings. The summed E-state index contributed by atoms with van der Waals surface area (Å²) in [6.07, 6.45) is 2.28. The number of aromatic nitrogens is 1. The van der Waals surface area contributed by atoms with Crippen molar-refractivity contribution in [1.29, 1.82) is 0 Å². The molecular formula is C47H33N3S. The highest BCUT2D eigenvalue weighted by molar-refractivity contribution is 7.99. The number of hydrogen-bond donors (Lipinski definition) is 2. The van der Waals surface area contributed by atoms with Gasteiger partial charge in [0.05, 0.1) is 22.5 Å². The lowest BCUT2D eigenvalue weighted by molar-refractivity contribution is 0.435. The van der Waals surface area contributed by atoms with Crippen molar-refractivity contribution in [2.45, 2.75) is 27.4 Å². The maximum atomic E-state index is 3.94. The molecule has 0 radical (unpaired) electrons. The second-order valence-corrected chi connectivity index (χ2v) is 14.8. The molecule has 8 aromatic rings. The first-order valence-corrected chi connectivity index (χ1v) is 18.5. The number of para-hydroxylation sites is 1. The van der Waals surface area contributed by atoms with Gasteiger partial charge in [-0.3, -0.25) is 9.88 Å². The minimum atomic E-state index is -0.412. The highest BCUT2D eigenvalue weighted by atomic mass is 32.2. The number of fused-ring (bicyclic) bond motifs is 13. The molecule has 242 valence electrons. The number of nitrogens with one attached hydrogen (secondary N) is 2. The molecule has 0 bridgehead atoms. The van der Waals surface area contributed by atoms with Crippen LogP contribution in [0.3, 0.4) is 0 Å². The molecule has 11 rings (SSSR count). The molecule has 0 fully saturated rings. The van der Waals surface area contributed by atoms with Crippen molar-refractivity contribution in [3.05, 3.63) is 209 Å². The fraction of sp³-hybridized carbons (Fsp3) is 0.0638. The number of hydrogen-bond acceptors (Lipinski definition) is 3. The third-order valence-electron chi connectivity index (χ3n) is 11.1. The van der Waals surface area contributed by atoms with Gasteiger partial charge >= 0.3 is 0 Å². The van der Waals surface area contributed by atoms with Crippen LogP contribution in [0.5, 0.6) is 0 Å². The summed E-state index contributed by atoms with van der Waals surface area (Å²) in [7, 11) is 0. The van der Waals surface area contributed by atoms with E-state index in [1.54, 1.807) is 0 Å². The highest BCUT2D eigenvalue weighted by Gasteiger charge is 2.50. The molecule has 1 spiro atoms. The molecule has 2 N–H and O–H groups in total. The Labute approximate surface area is 301 Å². The van der Waals surface area contributed by atoms with Gasteiger partial charge in [0, 0.05) is 20.6 Å². The SMILES string of the molecule is C1=C(n2c3ccccc3c3c4c(ccc32)C2(c3ccccc3Sc3ccccc32)c2ccccc2-4)NC(c2ccccc2)NC1c1ccccc1. The van der Waals surface area contributed by atoms with Crippen molar-refractivity contribution in [1.82, 2.24) is 15.2 Å². The molecule has 1 aromatic heterocycles. The van der Waals surface area contributed by atoms with Crippen molar-refractivity contribution in [2.24, 2.45) is 0 Å². The van der Waals surface area contributed by atoms with E-state index in [0.29, 0.717) is 0 Å². The lowest BCUT2D eigenvalue weighted by atomic mass is 9.67. The van der Waals surface area contributed by atoms with Gasteiger partial charge in [0.25, 0.3) is 0 Å². The van der Waals surface area contributed by atoms with E-state index in [1.807, 2.05) is 11.8 Å². The summed E-state index contributed by atoms with van der Waals surface area (Å²) >= 11 is 1.89. The van der Waals surface area contributed by atoms with Gasteiger partial charge in [-0.15, -0.1) is 0 Å². The molecule has 7 aromatic carbocycles. The maximum absolute atomic E-state index is 3.94. The van der Waals surface area contributed by atoms with Gasteiger partial charge in [-0.1, -0.05) is 157 Å². The summed E-state index contributed by atoms with van der Waals surface area (Å²) in [6, 6.07) is 62.5. The average molecular weight is 672 g/mol. The van der Waals surface area contributed by atoms with E-state index in [2.05, 4.69) is 191 Å². The van der Waals surface area contributed by atoms with Gasteiger partial charge in [-0.2, -0.15) is 0 Å². The molecule has 0 amide bonds. The van der Waals surface area contributed by atoms with Crippen molar-refractivity contribution in [3.63, 3.8) is 0 Å². The molecule has 3 nitrogen and oxygen atoms in total. The minimum absolute atomic E-state index is 0.0232. The van der Waals surface area contributed by atoms with Crippen LogP contribution in [0.25, 0.3) is 38.8 Å². The minimum Gasteiger partial charge on any atom is -0.352 e. The van der Waals surface area contributed by atoms with E-state index in [-0.39, 0.29) is 12.2 Å². The summed E-state index contributed by atoms with van der Waals surface area (Å²) in [6.45, 7) is 0. The lowest BCUT2D eigenvalue weighted by Crippen LogP contribution is -2.40. The molecule has 2 atom stereocenters. The van der Waals surface area contributed by atoms with E-state index in [4.69, 9.17) is 0 Å². The Balaban J connectivity index is 1.22. The predicted octanol–water partition coefficient (Wildman–Crippen LogP) is 11.1. The fourth-order valence-corrected chi connectivity index (χ4v) is 10.3. The van der Waals surface area contributed by atoms with Gasteiger partial charge < -0.3 is 5.32 Å². The molecule has 51 heavy (non-hydrogen) atoms. The first kappa shape index (κ1) is 29.0. The predicted molar refractivity (Wildman–Crippen MR) is 210 cm³/mol. The van der Waals surface area contributed by atoms with Gasteiger partial charge in [0.1, 0.15) is 12.0 Å². The third-order valence-corrected chi connectivity index (χ3v) is 12.3. The molecule has 2 aliphatic heterocycles. The van der Waals surface area contributed by atoms with Crippen LogP contribution in [0.2, 0.25) is 0 Å². The van der Waals surface area contributed by atoms with E-state index in [1.165, 1.54) is 76.1 Å². The summed E-state index contributed by atoms with van der Waals surface area (Å²) in [5, 5.41) is 10.4. The number of rotatable bonds is 3. The Morgan fingerprint density at radius 2 is 1.12 bits per heavy atom. The monoisotopic (exact) mass is 671 g/mol. The average Bonchev–Trinajstić information content (AvgIpc) is 3.69. The normalized spacial score (nSPS) is 18.1. The Hall–Kier alpha value is -5.81. The summed E-state index contributed by atoms with van der Waals surface area (Å²) < 4.78 is 2.46. The molecule has 3 heterocycles. The van der Waals surface area contributed by atoms with Crippen LogP contribution in [-0.4, -0.2) is 4.57 Å². The summed E-state index contributed by atoms with van der Waals surface area (Å²) in [4.78, 5) is 2.65. The first-order chi connectivity index (χ1) is 25.3. The highest BCUT2D eigenvalue weighted by Crippen LogP contribution is 2.63. The van der Waals surface area contributed by atoms with Crippen LogP contribution in [0.4, 0.5) is 0 Å². The Morgan fingerprint density at radius 3 is 1.86 bits per heavy atom. The molecule has 0 saturated carbocycles. The van der Waals surface area contributed by atoms with E-state index in [9.17, 15) is 0 Å². The van der Waals surface area contributed by atoms with E-state index >= 15 is 0 Å². The van der Waals surface area contributed by atoms with Gasteiger partial charge in [-0.05, 0) is 74.8 Å². The number of nitrogens with zero attached hydrogens (tertiary/aromatic N) is 1. The van der Waals surface area contributed by atoms with Gasteiger partial charge in [0.15, 0.2) is 0 Å². The van der Waals surface area contributed by atoms with Crippen molar-refractivity contribution in [2.75, 3.05) is 0 Å². The second kappa shape index (κ2) is 11.1. The van der Waals surface area contributed by atoms with Crippen LogP contribution >= 0.6 is 11.8 Å². The molecular weight excluding hydrogens is 639 g/mol. The zero-order valence-electron chi connectivity index (χ0n) is 27.8. The van der Waals surface area contributed by atoms with Crippen LogP contribution in [0, 0.1) is 0 Å². The van der Waals surface area contributed by atoms with Gasteiger partial charge in [-0.25, -0.2) is 0 Å². The van der Waals surface area contributed by atoms with Crippen LogP contribution in [-0.2, 0) is 5.41 Å². The van der Waals surface area contributed by atoms with Crippen molar-refractivity contribution in [3.8, 4) is 11.1 Å². The first-order valence-electron chi connectivity index (χ1n) is 17.7.